The maximum atomic E-state index is 10.1. The van der Waals surface area contributed by atoms with Gasteiger partial charge in [0.15, 0.2) is 11.5 Å². The molecule has 4 heteroatoms. The summed E-state index contributed by atoms with van der Waals surface area (Å²) in [5, 5.41) is 18.7. The lowest BCUT2D eigenvalue weighted by Gasteiger charge is -2.29. The van der Waals surface area contributed by atoms with E-state index in [2.05, 4.69) is 6.07 Å². The Bertz CT molecular complexity index is 425. The molecule has 0 saturated heterocycles. The number of methoxy groups -OCH3 is 1. The highest BCUT2D eigenvalue weighted by molar-refractivity contribution is 5.48. The second-order valence-corrected chi connectivity index (χ2v) is 3.76. The number of aliphatic hydroxyl groups excluding tert-OH is 1. The van der Waals surface area contributed by atoms with Crippen LogP contribution in [0.5, 0.6) is 11.5 Å². The Balaban J connectivity index is 2.35. The van der Waals surface area contributed by atoms with Crippen LogP contribution in [0.25, 0.3) is 0 Å². The molecule has 1 aromatic rings. The lowest BCUT2D eigenvalue weighted by molar-refractivity contribution is 0.0513. The van der Waals surface area contributed by atoms with Crippen molar-refractivity contribution in [3.8, 4) is 17.6 Å². The summed E-state index contributed by atoms with van der Waals surface area (Å²) >= 11 is 0. The Hall–Kier alpha value is -1.73. The molecule has 84 valence electrons. The van der Waals surface area contributed by atoms with Crippen molar-refractivity contribution in [1.29, 1.82) is 5.26 Å². The van der Waals surface area contributed by atoms with Crippen LogP contribution in [0.15, 0.2) is 18.2 Å². The van der Waals surface area contributed by atoms with Gasteiger partial charge < -0.3 is 14.6 Å². The highest BCUT2D eigenvalue weighted by atomic mass is 16.5. The van der Waals surface area contributed by atoms with Gasteiger partial charge in [-0.1, -0.05) is 12.1 Å². The van der Waals surface area contributed by atoms with Crippen LogP contribution in [-0.4, -0.2) is 18.8 Å². The van der Waals surface area contributed by atoms with Gasteiger partial charge in [-0.2, -0.15) is 5.26 Å². The number of rotatable bonds is 2. The molecule has 16 heavy (non-hydrogen) atoms. The molecule has 0 aliphatic carbocycles. The van der Waals surface area contributed by atoms with Crippen LogP contribution in [0.1, 0.15) is 18.1 Å². The molecule has 1 aliphatic rings. The highest BCUT2D eigenvalue weighted by Gasteiger charge is 2.30. The Morgan fingerprint density at radius 2 is 2.44 bits per heavy atom. The summed E-state index contributed by atoms with van der Waals surface area (Å²) < 4.78 is 10.7. The topological polar surface area (TPSA) is 62.5 Å². The SMILES string of the molecule is COc1cccc2c1OC[C@H](CC#N)[C@@H]2O. The molecule has 2 atom stereocenters. The van der Waals surface area contributed by atoms with Crippen molar-refractivity contribution in [2.24, 2.45) is 5.92 Å². The van der Waals surface area contributed by atoms with Crippen molar-refractivity contribution in [2.75, 3.05) is 13.7 Å². The summed E-state index contributed by atoms with van der Waals surface area (Å²) in [5.74, 6) is 1.04. The Kier molecular flexibility index (Phi) is 2.97. The van der Waals surface area contributed by atoms with Gasteiger partial charge in [0.25, 0.3) is 0 Å². The maximum absolute atomic E-state index is 10.1. The number of hydrogen-bond donors (Lipinski definition) is 1. The van der Waals surface area contributed by atoms with Crippen molar-refractivity contribution >= 4 is 0 Å². The predicted octanol–water partition coefficient (Wildman–Crippen LogP) is 1.65. The average molecular weight is 219 g/mol. The van der Waals surface area contributed by atoms with Crippen LogP contribution in [0.3, 0.4) is 0 Å². The van der Waals surface area contributed by atoms with Gasteiger partial charge in [0.05, 0.1) is 25.9 Å². The van der Waals surface area contributed by atoms with E-state index in [0.29, 0.717) is 23.7 Å². The molecule has 0 aromatic heterocycles. The summed E-state index contributed by atoms with van der Waals surface area (Å²) in [5.41, 5.74) is 0.700. The number of aliphatic hydroxyl groups is 1. The van der Waals surface area contributed by atoms with Crippen LogP contribution in [-0.2, 0) is 0 Å². The lowest BCUT2D eigenvalue weighted by Crippen LogP contribution is -2.25. The molecular weight excluding hydrogens is 206 g/mol. The first-order valence-electron chi connectivity index (χ1n) is 5.12. The molecule has 1 heterocycles. The van der Waals surface area contributed by atoms with Gasteiger partial charge in [-0.05, 0) is 6.07 Å². The van der Waals surface area contributed by atoms with E-state index < -0.39 is 6.10 Å². The lowest BCUT2D eigenvalue weighted by atomic mass is 9.91. The van der Waals surface area contributed by atoms with Crippen molar-refractivity contribution in [2.45, 2.75) is 12.5 Å². The number of ether oxygens (including phenoxy) is 2. The molecule has 1 N–H and O–H groups in total. The quantitative estimate of drug-likeness (QED) is 0.821. The van der Waals surface area contributed by atoms with Crippen LogP contribution >= 0.6 is 0 Å². The molecule has 4 nitrogen and oxygen atoms in total. The first kappa shape index (κ1) is 10.8. The fourth-order valence-corrected chi connectivity index (χ4v) is 1.90. The van der Waals surface area contributed by atoms with Crippen LogP contribution in [0.2, 0.25) is 0 Å². The summed E-state index contributed by atoms with van der Waals surface area (Å²) in [4.78, 5) is 0. The third-order valence-electron chi connectivity index (χ3n) is 2.79. The van der Waals surface area contributed by atoms with Crippen LogP contribution < -0.4 is 9.47 Å². The van der Waals surface area contributed by atoms with E-state index in [9.17, 15) is 5.11 Å². The molecule has 0 fully saturated rings. The molecule has 2 rings (SSSR count). The second kappa shape index (κ2) is 4.42. The fourth-order valence-electron chi connectivity index (χ4n) is 1.90. The molecule has 1 aromatic carbocycles. The van der Waals surface area contributed by atoms with Gasteiger partial charge in [-0.25, -0.2) is 0 Å². The predicted molar refractivity (Wildman–Crippen MR) is 57.2 cm³/mol. The minimum absolute atomic E-state index is 0.162. The molecule has 1 aliphatic heterocycles. The molecule has 0 saturated carbocycles. The Morgan fingerprint density at radius 3 is 3.12 bits per heavy atom. The van der Waals surface area contributed by atoms with Crippen molar-refractivity contribution in [3.05, 3.63) is 23.8 Å². The molecular formula is C12H13NO3. The maximum Gasteiger partial charge on any atom is 0.166 e. The van der Waals surface area contributed by atoms with Gasteiger partial charge in [0.2, 0.25) is 0 Å². The third kappa shape index (κ3) is 1.70. The van der Waals surface area contributed by atoms with Gasteiger partial charge in [0, 0.05) is 17.9 Å². The first-order chi connectivity index (χ1) is 7.77. The normalized spacial score (nSPS) is 22.8. The van der Waals surface area contributed by atoms with Gasteiger partial charge in [0.1, 0.15) is 0 Å². The second-order valence-electron chi connectivity index (χ2n) is 3.76. The molecule has 0 amide bonds. The smallest absolute Gasteiger partial charge is 0.166 e. The van der Waals surface area contributed by atoms with E-state index in [1.54, 1.807) is 25.3 Å². The standard InChI is InChI=1S/C12H13NO3/c1-15-10-4-2-3-9-11(14)8(5-6-13)7-16-12(9)10/h2-4,8,11,14H,5,7H2,1H3/t8-,11-/m0/s1. The summed E-state index contributed by atoms with van der Waals surface area (Å²) in [7, 11) is 1.56. The fraction of sp³-hybridized carbons (Fsp3) is 0.417. The largest absolute Gasteiger partial charge is 0.493 e. The Morgan fingerprint density at radius 1 is 1.62 bits per heavy atom. The number of nitrogens with zero attached hydrogens (tertiary/aromatic N) is 1. The number of hydrogen-bond acceptors (Lipinski definition) is 4. The average Bonchev–Trinajstić information content (AvgIpc) is 2.32. The minimum Gasteiger partial charge on any atom is -0.493 e. The van der Waals surface area contributed by atoms with Gasteiger partial charge in [-0.15, -0.1) is 0 Å². The molecule has 0 spiro atoms. The van der Waals surface area contributed by atoms with Crippen LogP contribution in [0, 0.1) is 17.2 Å². The van der Waals surface area contributed by atoms with Crippen molar-refractivity contribution < 1.29 is 14.6 Å². The minimum atomic E-state index is -0.654. The summed E-state index contributed by atoms with van der Waals surface area (Å²) in [6.45, 7) is 0.349. The van der Waals surface area contributed by atoms with Crippen LogP contribution in [0.4, 0.5) is 0 Å². The number of fused-ring (bicyclic) bond motifs is 1. The summed E-state index contributed by atoms with van der Waals surface area (Å²) in [6.07, 6.45) is -0.365. The van der Waals surface area contributed by atoms with Gasteiger partial charge in [-0.3, -0.25) is 0 Å². The molecule has 0 bridgehead atoms. The highest BCUT2D eigenvalue weighted by Crippen LogP contribution is 2.42. The van der Waals surface area contributed by atoms with E-state index in [0.717, 1.165) is 0 Å². The van der Waals surface area contributed by atoms with Crippen molar-refractivity contribution in [3.63, 3.8) is 0 Å². The number of nitriles is 1. The molecule has 0 radical (unpaired) electrons. The van der Waals surface area contributed by atoms with E-state index in [1.165, 1.54) is 0 Å². The van der Waals surface area contributed by atoms with E-state index in [-0.39, 0.29) is 12.3 Å². The number of benzene rings is 1. The molecule has 0 unspecified atom stereocenters. The summed E-state index contributed by atoms with van der Waals surface area (Å²) in [6, 6.07) is 7.45. The van der Waals surface area contributed by atoms with E-state index in [4.69, 9.17) is 14.7 Å². The van der Waals surface area contributed by atoms with E-state index in [1.807, 2.05) is 0 Å². The van der Waals surface area contributed by atoms with Crippen molar-refractivity contribution in [1.82, 2.24) is 0 Å². The third-order valence-corrected chi connectivity index (χ3v) is 2.79. The van der Waals surface area contributed by atoms with Gasteiger partial charge >= 0.3 is 0 Å². The Labute approximate surface area is 94.0 Å². The zero-order valence-electron chi connectivity index (χ0n) is 9.01. The zero-order chi connectivity index (χ0) is 11.5. The first-order valence-corrected chi connectivity index (χ1v) is 5.12. The van der Waals surface area contributed by atoms with E-state index >= 15 is 0 Å². The zero-order valence-corrected chi connectivity index (χ0v) is 9.01. The number of para-hydroxylation sites is 1. The monoisotopic (exact) mass is 219 g/mol.